The van der Waals surface area contributed by atoms with Crippen molar-refractivity contribution < 1.29 is 0 Å². The number of nitrogens with zero attached hydrogens (tertiary/aromatic N) is 2. The molecule has 0 heterocycles. The van der Waals surface area contributed by atoms with E-state index in [9.17, 15) is 0 Å². The van der Waals surface area contributed by atoms with E-state index in [0.29, 0.717) is 0 Å². The van der Waals surface area contributed by atoms with E-state index >= 15 is 0 Å². The average Bonchev–Trinajstić information content (AvgIpc) is 3.11. The number of fused-ring (bicyclic) bond motifs is 1. The van der Waals surface area contributed by atoms with Gasteiger partial charge in [0.1, 0.15) is 0 Å². The van der Waals surface area contributed by atoms with Crippen LogP contribution >= 0.6 is 0 Å². The lowest BCUT2D eigenvalue weighted by atomic mass is 9.98. The first kappa shape index (κ1) is 33.1. The topological polar surface area (TPSA) is 6.48 Å². The zero-order chi connectivity index (χ0) is 33.9. The monoisotopic (exact) mass is 630 g/mol. The van der Waals surface area contributed by atoms with Gasteiger partial charge in [-0.3, -0.25) is 0 Å². The Morgan fingerprint density at radius 1 is 0.354 bits per heavy atom. The largest absolute Gasteiger partial charge is 0.310 e. The minimum atomic E-state index is 1.01. The van der Waals surface area contributed by atoms with E-state index in [1.165, 1.54) is 89.4 Å². The van der Waals surface area contributed by atoms with Crippen LogP contribution in [0.1, 0.15) is 72.2 Å². The van der Waals surface area contributed by atoms with Gasteiger partial charge >= 0.3 is 0 Å². The van der Waals surface area contributed by atoms with Crippen LogP contribution in [0.4, 0.5) is 34.1 Å². The molecule has 2 heteroatoms. The third-order valence-electron chi connectivity index (χ3n) is 10.3. The maximum Gasteiger partial charge on any atom is 0.0540 e. The second-order valence-corrected chi connectivity index (χ2v) is 13.2. The molecule has 0 bridgehead atoms. The van der Waals surface area contributed by atoms with E-state index < -0.39 is 0 Å². The Kier molecular flexibility index (Phi) is 9.73. The van der Waals surface area contributed by atoms with Gasteiger partial charge in [-0.2, -0.15) is 0 Å². The van der Waals surface area contributed by atoms with E-state index in [-0.39, 0.29) is 0 Å². The maximum absolute atomic E-state index is 2.46. The molecule has 0 spiro atoms. The molecule has 0 amide bonds. The fraction of sp³-hybridized carbons (Fsp3) is 0.261. The second-order valence-electron chi connectivity index (χ2n) is 13.2. The molecular formula is C46H50N2. The summed E-state index contributed by atoms with van der Waals surface area (Å²) in [6.45, 7) is 17.8. The fourth-order valence-corrected chi connectivity index (χ4v) is 7.10. The summed E-state index contributed by atoms with van der Waals surface area (Å²) >= 11 is 0. The summed E-state index contributed by atoms with van der Waals surface area (Å²) in [7, 11) is 0. The van der Waals surface area contributed by atoms with Gasteiger partial charge < -0.3 is 9.80 Å². The van der Waals surface area contributed by atoms with E-state index in [1.54, 1.807) is 0 Å². The summed E-state index contributed by atoms with van der Waals surface area (Å²) in [4.78, 5) is 4.92. The molecule has 6 rings (SSSR count). The first-order chi connectivity index (χ1) is 23.3. The number of benzene rings is 6. The molecule has 2 nitrogen and oxygen atoms in total. The van der Waals surface area contributed by atoms with Crippen molar-refractivity contribution in [2.45, 2.75) is 81.1 Å². The maximum atomic E-state index is 2.46. The van der Waals surface area contributed by atoms with E-state index in [4.69, 9.17) is 0 Å². The zero-order valence-corrected chi connectivity index (χ0v) is 30.1. The van der Waals surface area contributed by atoms with Crippen molar-refractivity contribution in [1.29, 1.82) is 0 Å². The van der Waals surface area contributed by atoms with Crippen molar-refractivity contribution in [1.82, 2.24) is 0 Å². The summed E-state index contributed by atoms with van der Waals surface area (Å²) in [5, 5.41) is 2.45. The normalized spacial score (nSPS) is 11.2. The Hall–Kier alpha value is -4.82. The quantitative estimate of drug-likeness (QED) is 0.149. The molecule has 0 aliphatic carbocycles. The smallest absolute Gasteiger partial charge is 0.0540 e. The lowest BCUT2D eigenvalue weighted by Gasteiger charge is -2.31. The predicted molar refractivity (Wildman–Crippen MR) is 210 cm³/mol. The summed E-state index contributed by atoms with van der Waals surface area (Å²) in [6, 6.07) is 41.4. The highest BCUT2D eigenvalue weighted by Gasteiger charge is 2.21. The van der Waals surface area contributed by atoms with Gasteiger partial charge in [0.05, 0.1) is 11.4 Å². The lowest BCUT2D eigenvalue weighted by molar-refractivity contribution is 1.03. The first-order valence-corrected chi connectivity index (χ1v) is 17.8. The number of rotatable bonds is 10. The molecule has 0 aliphatic heterocycles. The molecule has 0 atom stereocenters. The van der Waals surface area contributed by atoms with Gasteiger partial charge in [0.25, 0.3) is 0 Å². The van der Waals surface area contributed by atoms with Crippen LogP contribution < -0.4 is 9.80 Å². The highest BCUT2D eigenvalue weighted by Crippen LogP contribution is 2.45. The Morgan fingerprint density at radius 3 is 1.06 bits per heavy atom. The molecule has 0 saturated heterocycles. The fourth-order valence-electron chi connectivity index (χ4n) is 7.10. The van der Waals surface area contributed by atoms with E-state index in [2.05, 4.69) is 174 Å². The minimum absolute atomic E-state index is 1.01. The van der Waals surface area contributed by atoms with Gasteiger partial charge in [-0.1, -0.05) is 76.2 Å². The Balaban J connectivity index is 1.62. The molecule has 48 heavy (non-hydrogen) atoms. The van der Waals surface area contributed by atoms with Crippen LogP contribution in [0, 0.1) is 27.7 Å². The van der Waals surface area contributed by atoms with Crippen molar-refractivity contribution >= 4 is 44.9 Å². The van der Waals surface area contributed by atoms with E-state index in [1.807, 2.05) is 0 Å². The first-order valence-electron chi connectivity index (χ1n) is 17.8. The molecule has 244 valence electrons. The van der Waals surface area contributed by atoms with Crippen LogP contribution in [0.25, 0.3) is 10.8 Å². The van der Waals surface area contributed by atoms with Crippen LogP contribution in [0.3, 0.4) is 0 Å². The van der Waals surface area contributed by atoms with Crippen molar-refractivity contribution in [3.05, 3.63) is 154 Å². The highest BCUT2D eigenvalue weighted by molar-refractivity contribution is 6.06. The third-order valence-corrected chi connectivity index (χ3v) is 10.3. The van der Waals surface area contributed by atoms with Crippen molar-refractivity contribution in [2.75, 3.05) is 9.80 Å². The summed E-state index contributed by atoms with van der Waals surface area (Å²) in [5.74, 6) is 0. The van der Waals surface area contributed by atoms with Crippen molar-refractivity contribution in [3.63, 3.8) is 0 Å². The second kappa shape index (κ2) is 14.1. The van der Waals surface area contributed by atoms with Gasteiger partial charge in [-0.05, 0) is 159 Å². The molecule has 0 aliphatic rings. The van der Waals surface area contributed by atoms with Crippen molar-refractivity contribution in [3.8, 4) is 0 Å². The summed E-state index contributed by atoms with van der Waals surface area (Å²) < 4.78 is 0. The number of hydrogen-bond acceptors (Lipinski definition) is 2. The average molecular weight is 631 g/mol. The Morgan fingerprint density at radius 2 is 0.708 bits per heavy atom. The van der Waals surface area contributed by atoms with Gasteiger partial charge in [0.15, 0.2) is 0 Å². The molecule has 0 fully saturated rings. The van der Waals surface area contributed by atoms with Crippen LogP contribution in [0.2, 0.25) is 0 Å². The summed E-state index contributed by atoms with van der Waals surface area (Å²) in [6.07, 6.45) is 4.11. The molecule has 6 aromatic rings. The van der Waals surface area contributed by atoms with Crippen LogP contribution in [0.5, 0.6) is 0 Å². The molecular weight excluding hydrogens is 581 g/mol. The van der Waals surface area contributed by atoms with Gasteiger partial charge in [-0.25, -0.2) is 0 Å². The SMILES string of the molecule is CCc1ccc(N(c2ccc(C)c(C)c2)c2cccc3c(N(c4ccc(C)c(C)c4)c4ccc(CC)c(CC)c4)cccc23)cc1CC. The van der Waals surface area contributed by atoms with Gasteiger partial charge in [0.2, 0.25) is 0 Å². The molecule has 0 N–H and O–H groups in total. The number of hydrogen-bond donors (Lipinski definition) is 0. The number of anilines is 6. The zero-order valence-electron chi connectivity index (χ0n) is 30.1. The predicted octanol–water partition coefficient (Wildman–Crippen LogP) is 13.3. The number of aryl methyl sites for hydroxylation is 8. The molecule has 0 aromatic heterocycles. The highest BCUT2D eigenvalue weighted by atomic mass is 15.2. The van der Waals surface area contributed by atoms with Crippen LogP contribution in [-0.2, 0) is 25.7 Å². The third kappa shape index (κ3) is 6.24. The van der Waals surface area contributed by atoms with E-state index in [0.717, 1.165) is 25.7 Å². The Bertz CT molecular complexity index is 1940. The minimum Gasteiger partial charge on any atom is -0.310 e. The molecule has 0 unspecified atom stereocenters. The van der Waals surface area contributed by atoms with Crippen LogP contribution in [0.15, 0.2) is 109 Å². The van der Waals surface area contributed by atoms with Crippen LogP contribution in [-0.4, -0.2) is 0 Å². The summed E-state index contributed by atoms with van der Waals surface area (Å²) in [5.41, 5.74) is 18.0. The van der Waals surface area contributed by atoms with Gasteiger partial charge in [0, 0.05) is 33.5 Å². The standard InChI is InChI=1S/C46H50N2/c1-9-35-21-25-41(29-37(35)11-3)47(39-23-19-31(5)33(7)27-39)45-17-13-16-44-43(45)15-14-18-46(44)48(40-24-20-32(6)34(8)28-40)42-26-22-36(10-2)38(12-4)30-42/h13-30H,9-12H2,1-8H3. The van der Waals surface area contributed by atoms with Gasteiger partial charge in [-0.15, -0.1) is 0 Å². The molecule has 0 saturated carbocycles. The lowest BCUT2D eigenvalue weighted by Crippen LogP contribution is -2.14. The van der Waals surface area contributed by atoms with Crippen molar-refractivity contribution in [2.24, 2.45) is 0 Å². The Labute approximate surface area is 288 Å². The molecule has 6 aromatic carbocycles. The molecule has 0 radical (unpaired) electrons.